The molecule has 1 unspecified atom stereocenters. The van der Waals surface area contributed by atoms with Gasteiger partial charge in [-0.1, -0.05) is 20.8 Å². The first-order valence-corrected chi connectivity index (χ1v) is 7.97. The van der Waals surface area contributed by atoms with Crippen LogP contribution in [0.25, 0.3) is 11.0 Å². The van der Waals surface area contributed by atoms with Gasteiger partial charge in [0.2, 0.25) is 0 Å². The molecule has 0 aliphatic heterocycles. The van der Waals surface area contributed by atoms with Crippen LogP contribution in [0.2, 0.25) is 0 Å². The molecule has 0 amide bonds. The number of fused-ring (bicyclic) bond motifs is 1. The smallest absolute Gasteiger partial charge is 0.139 e. The van der Waals surface area contributed by atoms with Crippen LogP contribution < -0.4 is 0 Å². The van der Waals surface area contributed by atoms with E-state index in [1.165, 1.54) is 6.07 Å². The first-order valence-electron chi connectivity index (χ1n) is 6.74. The van der Waals surface area contributed by atoms with E-state index < -0.39 is 0 Å². The topological polar surface area (TPSA) is 17.8 Å². The van der Waals surface area contributed by atoms with Crippen LogP contribution in [-0.2, 0) is 6.54 Å². The summed E-state index contributed by atoms with van der Waals surface area (Å²) < 4.78 is 16.2. The van der Waals surface area contributed by atoms with Gasteiger partial charge in [-0.15, -0.1) is 11.6 Å². The maximum atomic E-state index is 13.7. The van der Waals surface area contributed by atoms with Crippen molar-refractivity contribution < 1.29 is 4.39 Å². The number of nitrogens with zero attached hydrogens (tertiary/aromatic N) is 2. The van der Waals surface area contributed by atoms with Gasteiger partial charge in [0.25, 0.3) is 0 Å². The molecule has 2 rings (SSSR count). The molecular weight excluding hydrogens is 343 g/mol. The Morgan fingerprint density at radius 2 is 2.10 bits per heavy atom. The second kappa shape index (κ2) is 5.64. The lowest BCUT2D eigenvalue weighted by molar-refractivity contribution is 0.294. The van der Waals surface area contributed by atoms with Gasteiger partial charge >= 0.3 is 0 Å². The molecular formula is C15H19BrClFN2. The fourth-order valence-corrected chi connectivity index (χ4v) is 2.65. The van der Waals surface area contributed by atoms with Gasteiger partial charge in [0.15, 0.2) is 0 Å². The highest BCUT2D eigenvalue weighted by Crippen LogP contribution is 2.32. The highest BCUT2D eigenvalue weighted by Gasteiger charge is 2.22. The molecule has 0 saturated carbocycles. The van der Waals surface area contributed by atoms with Crippen LogP contribution in [0.3, 0.4) is 0 Å². The van der Waals surface area contributed by atoms with Crippen LogP contribution in [0, 0.1) is 11.2 Å². The van der Waals surface area contributed by atoms with Crippen LogP contribution in [0.5, 0.6) is 0 Å². The van der Waals surface area contributed by atoms with Gasteiger partial charge in [0, 0.05) is 12.6 Å². The second-order valence-electron chi connectivity index (χ2n) is 5.94. The van der Waals surface area contributed by atoms with E-state index in [0.717, 1.165) is 24.3 Å². The van der Waals surface area contributed by atoms with E-state index >= 15 is 0 Å². The zero-order valence-corrected chi connectivity index (χ0v) is 14.5. The average molecular weight is 362 g/mol. The van der Waals surface area contributed by atoms with Gasteiger partial charge in [0.05, 0.1) is 20.9 Å². The third-order valence-electron chi connectivity index (χ3n) is 3.72. The quantitative estimate of drug-likeness (QED) is 0.641. The molecule has 2 nitrogen and oxygen atoms in total. The predicted octanol–water partition coefficient (Wildman–Crippen LogP) is 5.67. The number of alkyl halides is 1. The van der Waals surface area contributed by atoms with Crippen LogP contribution in [0.1, 0.15) is 45.3 Å². The molecule has 0 aliphatic carbocycles. The summed E-state index contributed by atoms with van der Waals surface area (Å²) in [6.07, 6.45) is 1.05. The third-order valence-corrected chi connectivity index (χ3v) is 4.52. The molecule has 1 heterocycles. The number of imidazole rings is 1. The minimum absolute atomic E-state index is 0.134. The summed E-state index contributed by atoms with van der Waals surface area (Å²) in [5.41, 5.74) is 1.71. The van der Waals surface area contributed by atoms with E-state index in [0.29, 0.717) is 9.99 Å². The Labute approximate surface area is 132 Å². The molecule has 1 aromatic carbocycles. The summed E-state index contributed by atoms with van der Waals surface area (Å²) >= 11 is 9.49. The number of rotatable bonds is 4. The van der Waals surface area contributed by atoms with Gasteiger partial charge in [-0.05, 0) is 40.8 Å². The lowest BCUT2D eigenvalue weighted by atomic mass is 9.90. The van der Waals surface area contributed by atoms with Crippen LogP contribution in [0.15, 0.2) is 16.6 Å². The monoisotopic (exact) mass is 360 g/mol. The molecule has 0 spiro atoms. The number of halogens is 3. The van der Waals surface area contributed by atoms with E-state index in [1.54, 1.807) is 6.07 Å². The largest absolute Gasteiger partial charge is 0.326 e. The van der Waals surface area contributed by atoms with Crippen molar-refractivity contribution in [2.75, 3.05) is 0 Å². The fourth-order valence-electron chi connectivity index (χ4n) is 2.15. The normalized spacial score (nSPS) is 13.9. The number of benzene rings is 1. The molecule has 0 N–H and O–H groups in total. The van der Waals surface area contributed by atoms with Gasteiger partial charge in [-0.2, -0.15) is 0 Å². The molecule has 5 heteroatoms. The van der Waals surface area contributed by atoms with E-state index in [1.807, 2.05) is 6.92 Å². The van der Waals surface area contributed by atoms with Crippen LogP contribution in [-0.4, -0.2) is 9.55 Å². The molecule has 1 aromatic heterocycles. The Balaban J connectivity index is 2.65. The van der Waals surface area contributed by atoms with Crippen molar-refractivity contribution in [2.24, 2.45) is 5.41 Å². The first-order chi connectivity index (χ1) is 9.25. The van der Waals surface area contributed by atoms with Crippen molar-refractivity contribution >= 4 is 38.6 Å². The van der Waals surface area contributed by atoms with Crippen LogP contribution in [0.4, 0.5) is 4.39 Å². The van der Waals surface area contributed by atoms with Crippen molar-refractivity contribution in [3.8, 4) is 0 Å². The summed E-state index contributed by atoms with van der Waals surface area (Å²) in [6.45, 7) is 9.28. The summed E-state index contributed by atoms with van der Waals surface area (Å²) in [4.78, 5) is 4.50. The third kappa shape index (κ3) is 3.01. The van der Waals surface area contributed by atoms with Gasteiger partial charge in [-0.3, -0.25) is 0 Å². The molecule has 0 radical (unpaired) electrons. The fraction of sp³-hybridized carbons (Fsp3) is 0.533. The highest BCUT2D eigenvalue weighted by atomic mass is 79.9. The minimum Gasteiger partial charge on any atom is -0.326 e. The van der Waals surface area contributed by atoms with E-state index in [4.69, 9.17) is 11.6 Å². The van der Waals surface area contributed by atoms with E-state index in [2.05, 4.69) is 46.3 Å². The van der Waals surface area contributed by atoms with E-state index in [9.17, 15) is 4.39 Å². The second-order valence-corrected chi connectivity index (χ2v) is 7.45. The number of hydrogen-bond acceptors (Lipinski definition) is 1. The SMILES string of the molecule is CCC(C)(C)Cn1c(C(C)Cl)nc2cc(F)c(Br)cc21. The summed E-state index contributed by atoms with van der Waals surface area (Å²) in [6, 6.07) is 3.24. The summed E-state index contributed by atoms with van der Waals surface area (Å²) in [5, 5.41) is -0.211. The maximum absolute atomic E-state index is 13.7. The Morgan fingerprint density at radius 1 is 1.45 bits per heavy atom. The molecule has 0 bridgehead atoms. The van der Waals surface area contributed by atoms with E-state index in [-0.39, 0.29) is 16.6 Å². The zero-order valence-electron chi connectivity index (χ0n) is 12.2. The molecule has 0 fully saturated rings. The molecule has 0 saturated heterocycles. The Morgan fingerprint density at radius 3 is 2.65 bits per heavy atom. The van der Waals surface area contributed by atoms with Crippen molar-refractivity contribution in [3.63, 3.8) is 0 Å². The average Bonchev–Trinajstić information content (AvgIpc) is 2.68. The molecule has 110 valence electrons. The van der Waals surface area contributed by atoms with Crippen molar-refractivity contribution in [1.29, 1.82) is 0 Å². The van der Waals surface area contributed by atoms with Gasteiger partial charge in [-0.25, -0.2) is 9.37 Å². The number of aromatic nitrogens is 2. The Hall–Kier alpha value is -0.610. The minimum atomic E-state index is -0.300. The zero-order chi connectivity index (χ0) is 15.1. The Kier molecular flexibility index (Phi) is 4.45. The number of hydrogen-bond donors (Lipinski definition) is 0. The maximum Gasteiger partial charge on any atom is 0.139 e. The first kappa shape index (κ1) is 15.8. The summed E-state index contributed by atoms with van der Waals surface area (Å²) in [7, 11) is 0. The molecule has 20 heavy (non-hydrogen) atoms. The van der Waals surface area contributed by atoms with Crippen molar-refractivity contribution in [3.05, 3.63) is 28.2 Å². The van der Waals surface area contributed by atoms with Gasteiger partial charge in [0.1, 0.15) is 11.6 Å². The molecule has 1 atom stereocenters. The van der Waals surface area contributed by atoms with Crippen molar-refractivity contribution in [1.82, 2.24) is 9.55 Å². The molecule has 0 aliphatic rings. The highest BCUT2D eigenvalue weighted by molar-refractivity contribution is 9.10. The lowest BCUT2D eigenvalue weighted by Gasteiger charge is -2.25. The molecule has 2 aromatic rings. The van der Waals surface area contributed by atoms with Crippen LogP contribution >= 0.6 is 27.5 Å². The predicted molar refractivity (Wildman–Crippen MR) is 85.7 cm³/mol. The van der Waals surface area contributed by atoms with Gasteiger partial charge < -0.3 is 4.57 Å². The lowest BCUT2D eigenvalue weighted by Crippen LogP contribution is -2.20. The summed E-state index contributed by atoms with van der Waals surface area (Å²) in [5.74, 6) is 0.492. The van der Waals surface area contributed by atoms with Crippen molar-refractivity contribution in [2.45, 2.75) is 46.0 Å². The standard InChI is InChI=1S/C15H19BrClFN2/c1-5-15(3,4)8-20-13-6-10(16)11(18)7-12(13)19-14(20)9(2)17/h6-7,9H,5,8H2,1-4H3. The Bertz CT molecular complexity index is 634.